The number of carbonyl (C=O) groups is 1. The van der Waals surface area contributed by atoms with Crippen molar-refractivity contribution >= 4 is 11.7 Å². The minimum atomic E-state index is 0.0437. The molecule has 154 valence electrons. The molecule has 30 heavy (non-hydrogen) atoms. The average molecular weight is 403 g/mol. The van der Waals surface area contributed by atoms with Gasteiger partial charge in [0.15, 0.2) is 0 Å². The Morgan fingerprint density at radius 3 is 2.67 bits per heavy atom. The van der Waals surface area contributed by atoms with Crippen molar-refractivity contribution in [3.63, 3.8) is 0 Å². The van der Waals surface area contributed by atoms with E-state index in [1.807, 2.05) is 36.9 Å². The van der Waals surface area contributed by atoms with E-state index in [4.69, 9.17) is 0 Å². The summed E-state index contributed by atoms with van der Waals surface area (Å²) in [6.07, 6.45) is 10.00. The Balaban J connectivity index is 1.44. The number of rotatable bonds is 4. The van der Waals surface area contributed by atoms with E-state index in [0.29, 0.717) is 11.5 Å². The minimum absolute atomic E-state index is 0.0437. The number of hydrogen-bond acceptors (Lipinski definition) is 6. The Bertz CT molecular complexity index is 1050. The van der Waals surface area contributed by atoms with Gasteiger partial charge in [-0.3, -0.25) is 9.78 Å². The molecule has 4 heterocycles. The van der Waals surface area contributed by atoms with Crippen LogP contribution in [0, 0.1) is 19.8 Å². The molecule has 1 saturated carbocycles. The maximum absolute atomic E-state index is 13.7. The van der Waals surface area contributed by atoms with E-state index in [1.54, 1.807) is 29.6 Å². The molecule has 0 spiro atoms. The van der Waals surface area contributed by atoms with Crippen molar-refractivity contribution in [2.24, 2.45) is 5.92 Å². The Kier molecular flexibility index (Phi) is 4.69. The number of amides is 1. The highest BCUT2D eigenvalue weighted by molar-refractivity contribution is 5.98. The van der Waals surface area contributed by atoms with E-state index < -0.39 is 0 Å². The molecule has 8 heteroatoms. The lowest BCUT2D eigenvalue weighted by molar-refractivity contribution is 0.0281. The lowest BCUT2D eigenvalue weighted by Gasteiger charge is -2.50. The maximum atomic E-state index is 13.7. The lowest BCUT2D eigenvalue weighted by Crippen LogP contribution is -2.59. The average Bonchev–Trinajstić information content (AvgIpc) is 3.29. The van der Waals surface area contributed by atoms with Gasteiger partial charge >= 0.3 is 0 Å². The molecule has 1 N–H and O–H groups in total. The van der Waals surface area contributed by atoms with E-state index >= 15 is 0 Å². The quantitative estimate of drug-likeness (QED) is 0.721. The van der Waals surface area contributed by atoms with Crippen molar-refractivity contribution in [2.75, 3.05) is 11.9 Å². The summed E-state index contributed by atoms with van der Waals surface area (Å²) in [7, 11) is 0. The van der Waals surface area contributed by atoms with Crippen LogP contribution >= 0.6 is 0 Å². The van der Waals surface area contributed by atoms with Crippen LogP contribution in [-0.4, -0.2) is 54.4 Å². The Hall–Kier alpha value is -3.29. The van der Waals surface area contributed by atoms with Gasteiger partial charge in [0.2, 0.25) is 0 Å². The summed E-state index contributed by atoms with van der Waals surface area (Å²) in [5.41, 5.74) is 3.26. The van der Waals surface area contributed by atoms with Crippen LogP contribution in [0.3, 0.4) is 0 Å². The maximum Gasteiger partial charge on any atom is 0.256 e. The summed E-state index contributed by atoms with van der Waals surface area (Å²) in [4.78, 5) is 26.1. The monoisotopic (exact) mass is 403 g/mol. The van der Waals surface area contributed by atoms with Gasteiger partial charge in [-0.05, 0) is 50.7 Å². The summed E-state index contributed by atoms with van der Waals surface area (Å²) >= 11 is 0. The van der Waals surface area contributed by atoms with Gasteiger partial charge in [-0.1, -0.05) is 12.1 Å². The Morgan fingerprint density at radius 2 is 1.93 bits per heavy atom. The molecule has 0 radical (unpaired) electrons. The molecule has 1 aliphatic carbocycles. The number of nitrogens with zero attached hydrogens (tertiary/aromatic N) is 6. The zero-order chi connectivity index (χ0) is 20.7. The Labute approximate surface area is 175 Å². The number of nitrogens with one attached hydrogen (secondary N) is 1. The smallest absolute Gasteiger partial charge is 0.256 e. The summed E-state index contributed by atoms with van der Waals surface area (Å²) in [5.74, 6) is 1.30. The highest BCUT2D eigenvalue weighted by atomic mass is 16.2. The molecule has 3 aromatic rings. The van der Waals surface area contributed by atoms with Crippen LogP contribution < -0.4 is 5.32 Å². The molecule has 6 rings (SSSR count). The van der Waals surface area contributed by atoms with Crippen molar-refractivity contribution in [3.8, 4) is 5.69 Å². The number of carbonyl (C=O) groups excluding carboxylic acids is 1. The number of fused-ring (bicyclic) bond motifs is 3. The predicted octanol–water partition coefficient (Wildman–Crippen LogP) is 2.78. The first-order chi connectivity index (χ1) is 14.6. The summed E-state index contributed by atoms with van der Waals surface area (Å²) in [5, 5.41) is 12.1. The molecule has 1 aromatic carbocycles. The second-order valence-electron chi connectivity index (χ2n) is 8.29. The van der Waals surface area contributed by atoms with Gasteiger partial charge in [0.25, 0.3) is 5.91 Å². The molecule has 3 aliphatic rings. The van der Waals surface area contributed by atoms with Gasteiger partial charge in [-0.2, -0.15) is 15.0 Å². The first kappa shape index (κ1) is 18.7. The van der Waals surface area contributed by atoms with Crippen LogP contribution in [-0.2, 0) is 0 Å². The summed E-state index contributed by atoms with van der Waals surface area (Å²) < 4.78 is 0. The molecule has 1 amide bonds. The van der Waals surface area contributed by atoms with Gasteiger partial charge < -0.3 is 10.2 Å². The number of hydrogen-bond donors (Lipinski definition) is 1. The topological polar surface area (TPSA) is 88.8 Å². The zero-order valence-electron chi connectivity index (χ0n) is 17.2. The number of para-hydroxylation sites is 1. The molecular formula is C22H25N7O. The van der Waals surface area contributed by atoms with Crippen molar-refractivity contribution < 1.29 is 4.79 Å². The highest BCUT2D eigenvalue weighted by Gasteiger charge is 2.43. The number of benzene rings is 1. The van der Waals surface area contributed by atoms with Gasteiger partial charge in [0.05, 0.1) is 42.1 Å². The van der Waals surface area contributed by atoms with Crippen molar-refractivity contribution in [1.82, 2.24) is 29.9 Å². The third kappa shape index (κ3) is 3.32. The molecule has 8 nitrogen and oxygen atoms in total. The molecular weight excluding hydrogens is 378 g/mol. The molecule has 2 bridgehead atoms. The normalized spacial score (nSPS) is 22.9. The Morgan fingerprint density at radius 1 is 1.10 bits per heavy atom. The number of aromatic nitrogens is 5. The van der Waals surface area contributed by atoms with Crippen LogP contribution in [0.2, 0.25) is 0 Å². The lowest BCUT2D eigenvalue weighted by atomic mass is 9.76. The van der Waals surface area contributed by atoms with Crippen LogP contribution in [0.25, 0.3) is 5.69 Å². The van der Waals surface area contributed by atoms with E-state index in [-0.39, 0.29) is 18.0 Å². The van der Waals surface area contributed by atoms with E-state index in [9.17, 15) is 4.79 Å². The fourth-order valence-corrected chi connectivity index (χ4v) is 4.82. The summed E-state index contributed by atoms with van der Waals surface area (Å²) in [6, 6.07) is 6.09. The minimum Gasteiger partial charge on any atom is -0.364 e. The fraction of sp³-hybridized carbons (Fsp3) is 0.409. The first-order valence-corrected chi connectivity index (χ1v) is 10.4. The van der Waals surface area contributed by atoms with Crippen molar-refractivity contribution in [2.45, 2.75) is 45.2 Å². The molecule has 2 aromatic heterocycles. The predicted molar refractivity (Wildman–Crippen MR) is 112 cm³/mol. The third-order valence-electron chi connectivity index (χ3n) is 6.24. The number of aryl methyl sites for hydroxylation is 2. The second kappa shape index (κ2) is 7.51. The molecule has 3 atom stereocenters. The van der Waals surface area contributed by atoms with Crippen LogP contribution in [0.5, 0.6) is 0 Å². The molecule has 2 saturated heterocycles. The van der Waals surface area contributed by atoms with Crippen LogP contribution in [0.15, 0.2) is 43.0 Å². The molecule has 2 aliphatic heterocycles. The molecule has 3 fully saturated rings. The van der Waals surface area contributed by atoms with Gasteiger partial charge in [-0.15, -0.1) is 0 Å². The van der Waals surface area contributed by atoms with Crippen molar-refractivity contribution in [3.05, 3.63) is 59.8 Å². The molecule has 3 unspecified atom stereocenters. The second-order valence-corrected chi connectivity index (χ2v) is 8.29. The fourth-order valence-electron chi connectivity index (χ4n) is 4.82. The third-order valence-corrected chi connectivity index (χ3v) is 6.24. The van der Waals surface area contributed by atoms with Gasteiger partial charge in [0.1, 0.15) is 11.5 Å². The standard InChI is InChI=1S/C22H25N7O/c1-14-4-3-5-17(21(14)29-25-8-9-26-29)22(30)28-13-16-6-7-19(28)18(10-16)27-20-12-23-15(2)11-24-20/h3-5,8-9,11-12,16,18-19H,6-7,10,13H2,1-2H3,(H,24,27). The number of piperidine rings is 2. The highest BCUT2D eigenvalue weighted by Crippen LogP contribution is 2.37. The van der Waals surface area contributed by atoms with Crippen LogP contribution in [0.4, 0.5) is 5.82 Å². The van der Waals surface area contributed by atoms with Gasteiger partial charge in [-0.25, -0.2) is 4.98 Å². The van der Waals surface area contributed by atoms with Gasteiger partial charge in [0, 0.05) is 12.6 Å². The van der Waals surface area contributed by atoms with E-state index in [2.05, 4.69) is 25.5 Å². The van der Waals surface area contributed by atoms with E-state index in [1.165, 1.54) is 0 Å². The number of anilines is 1. The zero-order valence-corrected chi connectivity index (χ0v) is 17.2. The largest absolute Gasteiger partial charge is 0.364 e. The SMILES string of the molecule is Cc1cnc(NC2CC3CCC2N(C(=O)c2cccc(C)c2-n2nccn2)C3)cn1. The van der Waals surface area contributed by atoms with Crippen LogP contribution in [0.1, 0.15) is 40.9 Å². The summed E-state index contributed by atoms with van der Waals surface area (Å²) in [6.45, 7) is 4.70. The first-order valence-electron chi connectivity index (χ1n) is 10.4. The van der Waals surface area contributed by atoms with E-state index in [0.717, 1.165) is 48.6 Å². The van der Waals surface area contributed by atoms with Crippen molar-refractivity contribution in [1.29, 1.82) is 0 Å².